The molecular weight excluding hydrogens is 388 g/mol. The van der Waals surface area contributed by atoms with Gasteiger partial charge in [0, 0.05) is 25.2 Å². The van der Waals surface area contributed by atoms with Gasteiger partial charge in [0.2, 0.25) is 10.0 Å². The Morgan fingerprint density at radius 1 is 1.00 bits per heavy atom. The molecule has 0 saturated carbocycles. The Balaban J connectivity index is 1.44. The SMILES string of the molecule is COc1ccc(CCCNC(=O)c2ccc(CS(=O)(=O)N3CCCC3)cc2)cc1. The van der Waals surface area contributed by atoms with Gasteiger partial charge >= 0.3 is 0 Å². The topological polar surface area (TPSA) is 75.7 Å². The fourth-order valence-corrected chi connectivity index (χ4v) is 5.02. The van der Waals surface area contributed by atoms with Gasteiger partial charge in [-0.1, -0.05) is 24.3 Å². The summed E-state index contributed by atoms with van der Waals surface area (Å²) >= 11 is 0. The van der Waals surface area contributed by atoms with Crippen molar-refractivity contribution >= 4 is 15.9 Å². The monoisotopic (exact) mass is 416 g/mol. The van der Waals surface area contributed by atoms with Crippen molar-refractivity contribution in [3.8, 4) is 5.75 Å². The highest BCUT2D eigenvalue weighted by molar-refractivity contribution is 7.88. The molecule has 156 valence electrons. The maximum Gasteiger partial charge on any atom is 0.251 e. The Morgan fingerprint density at radius 3 is 2.24 bits per heavy atom. The van der Waals surface area contributed by atoms with Gasteiger partial charge in [0.15, 0.2) is 0 Å². The van der Waals surface area contributed by atoms with Crippen molar-refractivity contribution < 1.29 is 17.9 Å². The minimum absolute atomic E-state index is 0.0171. The van der Waals surface area contributed by atoms with Gasteiger partial charge in [-0.3, -0.25) is 4.79 Å². The van der Waals surface area contributed by atoms with Crippen molar-refractivity contribution in [1.82, 2.24) is 9.62 Å². The summed E-state index contributed by atoms with van der Waals surface area (Å²) in [6.07, 6.45) is 3.56. The Morgan fingerprint density at radius 2 is 1.62 bits per heavy atom. The zero-order valence-electron chi connectivity index (χ0n) is 16.8. The maximum absolute atomic E-state index is 12.4. The van der Waals surface area contributed by atoms with Crippen molar-refractivity contribution in [2.45, 2.75) is 31.4 Å². The van der Waals surface area contributed by atoms with Crippen molar-refractivity contribution in [3.63, 3.8) is 0 Å². The van der Waals surface area contributed by atoms with E-state index in [1.807, 2.05) is 24.3 Å². The summed E-state index contributed by atoms with van der Waals surface area (Å²) in [5, 5.41) is 2.91. The number of benzene rings is 2. The highest BCUT2D eigenvalue weighted by Crippen LogP contribution is 2.17. The number of nitrogens with zero attached hydrogens (tertiary/aromatic N) is 1. The van der Waals surface area contributed by atoms with Crippen LogP contribution in [0.1, 0.15) is 40.7 Å². The average molecular weight is 417 g/mol. The molecule has 1 heterocycles. The largest absolute Gasteiger partial charge is 0.497 e. The number of aryl methyl sites for hydroxylation is 1. The second kappa shape index (κ2) is 9.89. The second-order valence-corrected chi connectivity index (χ2v) is 9.24. The first-order valence-electron chi connectivity index (χ1n) is 9.96. The smallest absolute Gasteiger partial charge is 0.251 e. The van der Waals surface area contributed by atoms with Gasteiger partial charge in [0.05, 0.1) is 12.9 Å². The molecule has 6 nitrogen and oxygen atoms in total. The normalized spacial score (nSPS) is 14.7. The number of rotatable bonds is 9. The van der Waals surface area contributed by atoms with Gasteiger partial charge in [0.1, 0.15) is 5.75 Å². The highest BCUT2D eigenvalue weighted by atomic mass is 32.2. The predicted octanol–water partition coefficient (Wildman–Crippen LogP) is 2.98. The van der Waals surface area contributed by atoms with Crippen LogP contribution in [-0.4, -0.2) is 45.4 Å². The summed E-state index contributed by atoms with van der Waals surface area (Å²) in [5.74, 6) is 0.670. The number of ether oxygens (including phenoxy) is 1. The molecular formula is C22H28N2O4S. The van der Waals surface area contributed by atoms with Crippen LogP contribution in [-0.2, 0) is 22.2 Å². The molecule has 29 heavy (non-hydrogen) atoms. The molecule has 0 radical (unpaired) electrons. The van der Waals surface area contributed by atoms with Crippen molar-refractivity contribution in [2.24, 2.45) is 0 Å². The van der Waals surface area contributed by atoms with Crippen molar-refractivity contribution in [1.29, 1.82) is 0 Å². The first kappa shape index (κ1) is 21.3. The van der Waals surface area contributed by atoms with Crippen LogP contribution >= 0.6 is 0 Å². The third-order valence-corrected chi connectivity index (χ3v) is 6.96. The quantitative estimate of drug-likeness (QED) is 0.638. The van der Waals surface area contributed by atoms with Crippen LogP contribution in [0.25, 0.3) is 0 Å². The molecule has 1 N–H and O–H groups in total. The number of amides is 1. The molecule has 1 fully saturated rings. The lowest BCUT2D eigenvalue weighted by molar-refractivity contribution is 0.0953. The standard InChI is InChI=1S/C22H28N2O4S/c1-28-21-12-8-18(9-13-21)5-4-14-23-22(25)20-10-6-19(7-11-20)17-29(26,27)24-15-2-3-16-24/h6-13H,2-5,14-17H2,1H3,(H,23,25). The van der Waals surface area contributed by atoms with Gasteiger partial charge in [-0.15, -0.1) is 0 Å². The Labute approximate surface area is 172 Å². The molecule has 0 spiro atoms. The van der Waals surface area contributed by atoms with Gasteiger partial charge < -0.3 is 10.1 Å². The lowest BCUT2D eigenvalue weighted by atomic mass is 10.1. The van der Waals surface area contributed by atoms with Gasteiger partial charge in [0.25, 0.3) is 5.91 Å². The highest BCUT2D eigenvalue weighted by Gasteiger charge is 2.25. The predicted molar refractivity (Wildman–Crippen MR) is 114 cm³/mol. The van der Waals surface area contributed by atoms with E-state index < -0.39 is 10.0 Å². The van der Waals surface area contributed by atoms with Crippen LogP contribution in [0.2, 0.25) is 0 Å². The Hall–Kier alpha value is -2.38. The van der Waals surface area contributed by atoms with Crippen LogP contribution < -0.4 is 10.1 Å². The molecule has 2 aromatic rings. The number of carbonyl (C=O) groups excluding carboxylic acids is 1. The number of carbonyl (C=O) groups is 1. The molecule has 1 amide bonds. The zero-order chi connectivity index (χ0) is 20.7. The molecule has 1 saturated heterocycles. The lowest BCUT2D eigenvalue weighted by Crippen LogP contribution is -2.29. The van der Waals surface area contributed by atoms with E-state index in [1.54, 1.807) is 35.7 Å². The molecule has 1 aliphatic rings. The van der Waals surface area contributed by atoms with Gasteiger partial charge in [-0.05, 0) is 61.1 Å². The van der Waals surface area contributed by atoms with E-state index in [0.717, 1.165) is 31.4 Å². The molecule has 2 aromatic carbocycles. The fourth-order valence-electron chi connectivity index (χ4n) is 3.41. The lowest BCUT2D eigenvalue weighted by Gasteiger charge is -2.15. The molecule has 0 atom stereocenters. The third kappa shape index (κ3) is 6.05. The van der Waals surface area contributed by atoms with Gasteiger partial charge in [-0.2, -0.15) is 0 Å². The number of sulfonamides is 1. The molecule has 3 rings (SSSR count). The molecule has 0 bridgehead atoms. The molecule has 0 aromatic heterocycles. The van der Waals surface area contributed by atoms with E-state index in [0.29, 0.717) is 30.8 Å². The third-order valence-electron chi connectivity index (χ3n) is 5.11. The van der Waals surface area contributed by atoms with E-state index in [2.05, 4.69) is 5.32 Å². The number of nitrogens with one attached hydrogen (secondary N) is 1. The first-order valence-corrected chi connectivity index (χ1v) is 11.6. The molecule has 0 aliphatic carbocycles. The van der Waals surface area contributed by atoms with Crippen molar-refractivity contribution in [2.75, 3.05) is 26.7 Å². The van der Waals surface area contributed by atoms with Gasteiger partial charge in [-0.25, -0.2) is 12.7 Å². The summed E-state index contributed by atoms with van der Waals surface area (Å²) in [6.45, 7) is 1.80. The van der Waals surface area contributed by atoms with E-state index in [4.69, 9.17) is 4.74 Å². The number of hydrogen-bond acceptors (Lipinski definition) is 4. The van der Waals surface area contributed by atoms with E-state index in [9.17, 15) is 13.2 Å². The summed E-state index contributed by atoms with van der Waals surface area (Å²) in [5.41, 5.74) is 2.44. The fraction of sp³-hybridized carbons (Fsp3) is 0.409. The Bertz CT molecular complexity index is 903. The van der Waals surface area contributed by atoms with Crippen LogP contribution in [0, 0.1) is 0 Å². The summed E-state index contributed by atoms with van der Waals surface area (Å²) < 4.78 is 31.5. The molecule has 1 aliphatic heterocycles. The van der Waals surface area contributed by atoms with Crippen LogP contribution in [0.3, 0.4) is 0 Å². The van der Waals surface area contributed by atoms with E-state index >= 15 is 0 Å². The number of hydrogen-bond donors (Lipinski definition) is 1. The van der Waals surface area contributed by atoms with Crippen molar-refractivity contribution in [3.05, 3.63) is 65.2 Å². The summed E-state index contributed by atoms with van der Waals surface area (Å²) in [4.78, 5) is 12.3. The average Bonchev–Trinajstić information content (AvgIpc) is 3.28. The van der Waals surface area contributed by atoms with Crippen LogP contribution in [0.15, 0.2) is 48.5 Å². The maximum atomic E-state index is 12.4. The summed E-state index contributed by atoms with van der Waals surface area (Å²) in [7, 11) is -1.63. The summed E-state index contributed by atoms with van der Waals surface area (Å²) in [6, 6.07) is 14.7. The molecule has 7 heteroatoms. The Kier molecular flexibility index (Phi) is 7.28. The van der Waals surface area contributed by atoms with E-state index in [-0.39, 0.29) is 11.7 Å². The van der Waals surface area contributed by atoms with Crippen LogP contribution in [0.4, 0.5) is 0 Å². The molecule has 0 unspecified atom stereocenters. The van der Waals surface area contributed by atoms with E-state index in [1.165, 1.54) is 5.56 Å². The first-order chi connectivity index (χ1) is 14.0. The minimum Gasteiger partial charge on any atom is -0.497 e. The number of methoxy groups -OCH3 is 1. The minimum atomic E-state index is -3.27. The zero-order valence-corrected chi connectivity index (χ0v) is 17.6. The second-order valence-electron chi connectivity index (χ2n) is 7.27. The van der Waals surface area contributed by atoms with Crippen LogP contribution in [0.5, 0.6) is 5.75 Å².